The molecule has 0 fully saturated rings. The van der Waals surface area contributed by atoms with Gasteiger partial charge in [0.15, 0.2) is 11.5 Å². The molecule has 4 rings (SSSR count). The number of nitrogens with one attached hydrogen (secondary N) is 2. The van der Waals surface area contributed by atoms with Gasteiger partial charge in [0.1, 0.15) is 12.2 Å². The number of hydrogen-bond acceptors (Lipinski definition) is 7. The van der Waals surface area contributed by atoms with Crippen LogP contribution in [0.3, 0.4) is 0 Å². The summed E-state index contributed by atoms with van der Waals surface area (Å²) in [6, 6.07) is 9.20. The van der Waals surface area contributed by atoms with Gasteiger partial charge in [-0.1, -0.05) is 11.6 Å². The van der Waals surface area contributed by atoms with Crippen molar-refractivity contribution in [1.82, 2.24) is 35.1 Å². The van der Waals surface area contributed by atoms with Crippen molar-refractivity contribution in [3.8, 4) is 11.9 Å². The van der Waals surface area contributed by atoms with Crippen molar-refractivity contribution in [2.45, 2.75) is 19.6 Å². The van der Waals surface area contributed by atoms with Gasteiger partial charge < -0.3 is 10.6 Å². The van der Waals surface area contributed by atoms with Crippen molar-refractivity contribution in [2.75, 3.05) is 12.4 Å². The van der Waals surface area contributed by atoms with Gasteiger partial charge in [-0.3, -0.25) is 9.59 Å². The number of amides is 2. The fourth-order valence-corrected chi connectivity index (χ4v) is 3.72. The molecule has 0 bridgehead atoms. The number of nitrogens with zero attached hydrogens (tertiary/aromatic N) is 7. The van der Waals surface area contributed by atoms with Crippen LogP contribution >= 0.6 is 11.6 Å². The van der Waals surface area contributed by atoms with E-state index >= 15 is 0 Å². The van der Waals surface area contributed by atoms with Crippen molar-refractivity contribution >= 4 is 29.1 Å². The highest BCUT2D eigenvalue weighted by Gasteiger charge is 2.34. The number of nitriles is 1. The minimum absolute atomic E-state index is 0.0555. The molecule has 0 saturated carbocycles. The average molecular weight is 544 g/mol. The molecule has 2 N–H and O–H groups in total. The van der Waals surface area contributed by atoms with E-state index in [1.807, 2.05) is 6.07 Å². The lowest BCUT2D eigenvalue weighted by atomic mass is 10.0. The summed E-state index contributed by atoms with van der Waals surface area (Å²) in [5.74, 6) is -1.18. The van der Waals surface area contributed by atoms with Gasteiger partial charge in [0.2, 0.25) is 0 Å². The van der Waals surface area contributed by atoms with E-state index in [-0.39, 0.29) is 45.6 Å². The first-order chi connectivity index (χ1) is 18.0. The van der Waals surface area contributed by atoms with Gasteiger partial charge in [-0.2, -0.15) is 33.4 Å². The molecule has 0 atom stereocenters. The molecule has 0 spiro atoms. The smallest absolute Gasteiger partial charge is 0.355 e. The zero-order valence-corrected chi connectivity index (χ0v) is 20.5. The van der Waals surface area contributed by atoms with Gasteiger partial charge in [0.05, 0.1) is 39.8 Å². The molecule has 38 heavy (non-hydrogen) atoms. The number of carbonyl (C=O) groups is 2. The van der Waals surface area contributed by atoms with Crippen molar-refractivity contribution in [2.24, 2.45) is 0 Å². The van der Waals surface area contributed by atoms with Crippen LogP contribution in [0.25, 0.3) is 5.82 Å². The monoisotopic (exact) mass is 543 g/mol. The van der Waals surface area contributed by atoms with Crippen LogP contribution in [0.15, 0.2) is 42.7 Å². The highest BCUT2D eigenvalue weighted by Crippen LogP contribution is 2.27. The molecule has 3 heterocycles. The Morgan fingerprint density at radius 1 is 1.18 bits per heavy atom. The second kappa shape index (κ2) is 10.3. The Bertz CT molecular complexity index is 1590. The summed E-state index contributed by atoms with van der Waals surface area (Å²) in [6.07, 6.45) is -2.68. The number of halogens is 4. The summed E-state index contributed by atoms with van der Waals surface area (Å²) >= 11 is 6.27. The van der Waals surface area contributed by atoms with Crippen LogP contribution < -0.4 is 10.6 Å². The van der Waals surface area contributed by atoms with E-state index in [2.05, 4.69) is 30.9 Å². The minimum atomic E-state index is -4.68. The van der Waals surface area contributed by atoms with Gasteiger partial charge >= 0.3 is 6.18 Å². The number of anilines is 1. The fraction of sp³-hybridized carbons (Fsp3) is 0.174. The maximum atomic E-state index is 13.5. The molecule has 0 aliphatic carbocycles. The molecule has 0 saturated heterocycles. The van der Waals surface area contributed by atoms with E-state index < -0.39 is 23.7 Å². The maximum absolute atomic E-state index is 13.5. The Balaban J connectivity index is 1.76. The summed E-state index contributed by atoms with van der Waals surface area (Å²) in [6.45, 7) is 1.32. The van der Waals surface area contributed by atoms with Crippen LogP contribution in [0.5, 0.6) is 0 Å². The number of aryl methyl sites for hydroxylation is 1. The highest BCUT2D eigenvalue weighted by molar-refractivity contribution is 6.32. The number of aromatic nitrogens is 6. The summed E-state index contributed by atoms with van der Waals surface area (Å²) in [4.78, 5) is 30.9. The first-order valence-electron chi connectivity index (χ1n) is 10.8. The number of rotatable bonds is 6. The number of hydrogen-bond donors (Lipinski definition) is 2. The Labute approximate surface area is 217 Å². The molecule has 0 aliphatic heterocycles. The molecule has 0 radical (unpaired) electrons. The van der Waals surface area contributed by atoms with Crippen LogP contribution in [0.4, 0.5) is 18.9 Å². The SMILES string of the molecule is CNC(=O)c1cc(C#N)cc(C)c1NC(=O)c1cc(Cn2ncc(C(F)(F)F)n2)nn1-c1ncccc1Cl. The van der Waals surface area contributed by atoms with Gasteiger partial charge in [0, 0.05) is 13.2 Å². The van der Waals surface area contributed by atoms with Crippen LogP contribution in [-0.2, 0) is 12.7 Å². The normalized spacial score (nSPS) is 11.2. The number of benzene rings is 1. The number of carbonyl (C=O) groups excluding carboxylic acids is 2. The molecule has 2 amide bonds. The Morgan fingerprint density at radius 3 is 2.58 bits per heavy atom. The Morgan fingerprint density at radius 2 is 1.95 bits per heavy atom. The summed E-state index contributed by atoms with van der Waals surface area (Å²) in [7, 11) is 1.40. The summed E-state index contributed by atoms with van der Waals surface area (Å²) < 4.78 is 39.9. The van der Waals surface area contributed by atoms with Crippen LogP contribution in [0, 0.1) is 18.3 Å². The van der Waals surface area contributed by atoms with E-state index in [9.17, 15) is 28.0 Å². The second-order valence-electron chi connectivity index (χ2n) is 7.86. The third-order valence-corrected chi connectivity index (χ3v) is 5.53. The molecule has 194 valence electrons. The molecule has 1 aromatic carbocycles. The fourth-order valence-electron chi connectivity index (χ4n) is 3.52. The summed E-state index contributed by atoms with van der Waals surface area (Å²) in [5.41, 5.74) is -0.270. The van der Waals surface area contributed by atoms with Gasteiger partial charge in [-0.15, -0.1) is 5.10 Å². The third kappa shape index (κ3) is 5.32. The standard InChI is InChI=1S/C23H17ClF3N9O2/c1-12-6-13(9-28)7-15(21(37)29-2)19(12)32-22(38)17-8-14(11-35-31-10-18(34-35)23(25,26)27)33-36(17)20-16(24)4-3-5-30-20/h3-8,10H,11H2,1-2H3,(H,29,37)(H,32,38). The van der Waals surface area contributed by atoms with Gasteiger partial charge in [-0.25, -0.2) is 9.67 Å². The lowest BCUT2D eigenvalue weighted by molar-refractivity contribution is -0.141. The first kappa shape index (κ1) is 26.3. The second-order valence-corrected chi connectivity index (χ2v) is 8.27. The Hall–Kier alpha value is -4.77. The largest absolute Gasteiger partial charge is 0.436 e. The Kier molecular flexibility index (Phi) is 7.13. The molecule has 0 unspecified atom stereocenters. The molecular weight excluding hydrogens is 527 g/mol. The zero-order valence-electron chi connectivity index (χ0n) is 19.7. The topological polar surface area (TPSA) is 143 Å². The zero-order chi connectivity index (χ0) is 27.6. The maximum Gasteiger partial charge on any atom is 0.436 e. The minimum Gasteiger partial charge on any atom is -0.355 e. The predicted molar refractivity (Wildman–Crippen MR) is 128 cm³/mol. The third-order valence-electron chi connectivity index (χ3n) is 5.24. The van der Waals surface area contributed by atoms with E-state index in [1.54, 1.807) is 13.0 Å². The quantitative estimate of drug-likeness (QED) is 0.379. The van der Waals surface area contributed by atoms with Crippen molar-refractivity contribution in [1.29, 1.82) is 5.26 Å². The predicted octanol–water partition coefficient (Wildman–Crippen LogP) is 3.37. The lowest BCUT2D eigenvalue weighted by Gasteiger charge is -2.14. The van der Waals surface area contributed by atoms with E-state index in [0.717, 1.165) is 9.48 Å². The van der Waals surface area contributed by atoms with E-state index in [0.29, 0.717) is 11.8 Å². The van der Waals surface area contributed by atoms with Crippen LogP contribution in [0.1, 0.15) is 43.4 Å². The van der Waals surface area contributed by atoms with Crippen LogP contribution in [-0.4, -0.2) is 48.6 Å². The lowest BCUT2D eigenvalue weighted by Crippen LogP contribution is -2.24. The van der Waals surface area contributed by atoms with Crippen molar-refractivity contribution < 1.29 is 22.8 Å². The molecule has 11 nitrogen and oxygen atoms in total. The van der Waals surface area contributed by atoms with E-state index in [4.69, 9.17) is 11.6 Å². The van der Waals surface area contributed by atoms with Crippen molar-refractivity contribution in [3.05, 3.63) is 81.5 Å². The van der Waals surface area contributed by atoms with Crippen LogP contribution in [0.2, 0.25) is 5.02 Å². The molecular formula is C23H17ClF3N9O2. The summed E-state index contributed by atoms with van der Waals surface area (Å²) in [5, 5.41) is 25.9. The number of pyridine rings is 1. The highest BCUT2D eigenvalue weighted by atomic mass is 35.5. The first-order valence-corrected chi connectivity index (χ1v) is 11.1. The van der Waals surface area contributed by atoms with E-state index in [1.165, 1.54) is 37.5 Å². The number of alkyl halides is 3. The molecule has 0 aliphatic rings. The van der Waals surface area contributed by atoms with Crippen molar-refractivity contribution in [3.63, 3.8) is 0 Å². The average Bonchev–Trinajstić information content (AvgIpc) is 3.52. The molecule has 15 heteroatoms. The molecule has 3 aromatic heterocycles. The van der Waals surface area contributed by atoms with Gasteiger partial charge in [-0.05, 0) is 42.8 Å². The molecule has 4 aromatic rings. The van der Waals surface area contributed by atoms with Gasteiger partial charge in [0.25, 0.3) is 11.8 Å².